The molecule has 1 aliphatic rings. The quantitative estimate of drug-likeness (QED) is 0.926. The van der Waals surface area contributed by atoms with Crippen molar-refractivity contribution in [2.45, 2.75) is 26.8 Å². The van der Waals surface area contributed by atoms with Gasteiger partial charge in [0, 0.05) is 43.4 Å². The van der Waals surface area contributed by atoms with Gasteiger partial charge >= 0.3 is 0 Å². The lowest BCUT2D eigenvalue weighted by atomic mass is 10.1. The first-order valence-corrected chi connectivity index (χ1v) is 9.20. The molecule has 1 aliphatic heterocycles. The summed E-state index contributed by atoms with van der Waals surface area (Å²) in [4.78, 5) is 21.5. The molecule has 24 heavy (non-hydrogen) atoms. The van der Waals surface area contributed by atoms with E-state index in [1.54, 1.807) is 11.3 Å². The maximum atomic E-state index is 12.6. The minimum atomic E-state index is -0.137. The third kappa shape index (κ3) is 3.60. The van der Waals surface area contributed by atoms with Crippen LogP contribution in [0.15, 0.2) is 29.8 Å². The van der Waals surface area contributed by atoms with Gasteiger partial charge in [0.1, 0.15) is 0 Å². The van der Waals surface area contributed by atoms with Crippen LogP contribution in [0, 0.1) is 13.8 Å². The van der Waals surface area contributed by atoms with E-state index >= 15 is 0 Å². The zero-order valence-corrected chi connectivity index (χ0v) is 15.3. The van der Waals surface area contributed by atoms with E-state index in [2.05, 4.69) is 20.1 Å². The summed E-state index contributed by atoms with van der Waals surface area (Å²) in [6.45, 7) is 9.62. The summed E-state index contributed by atoms with van der Waals surface area (Å²) in [5.41, 5.74) is 3.14. The molecule has 2 aromatic rings. The molecule has 1 aromatic carbocycles. The van der Waals surface area contributed by atoms with Gasteiger partial charge < -0.3 is 10.2 Å². The molecule has 1 aromatic heterocycles. The van der Waals surface area contributed by atoms with E-state index in [1.807, 2.05) is 50.5 Å². The Morgan fingerprint density at radius 1 is 1.21 bits per heavy atom. The summed E-state index contributed by atoms with van der Waals surface area (Å²) in [5.74, 6) is 0.0649. The number of benzene rings is 1. The zero-order chi connectivity index (χ0) is 17.1. The van der Waals surface area contributed by atoms with E-state index < -0.39 is 0 Å². The molecule has 1 unspecified atom stereocenters. The number of amides is 1. The molecular weight excluding hydrogens is 320 g/mol. The highest BCUT2D eigenvalue weighted by molar-refractivity contribution is 7.13. The summed E-state index contributed by atoms with van der Waals surface area (Å²) >= 11 is 1.67. The molecule has 0 radical (unpaired) electrons. The highest BCUT2D eigenvalue weighted by Crippen LogP contribution is 2.22. The lowest BCUT2D eigenvalue weighted by molar-refractivity contribution is -0.120. The van der Waals surface area contributed by atoms with Gasteiger partial charge in [0.25, 0.3) is 0 Å². The van der Waals surface area contributed by atoms with Gasteiger partial charge in [-0.3, -0.25) is 9.69 Å². The van der Waals surface area contributed by atoms with E-state index in [0.29, 0.717) is 0 Å². The molecule has 5 nitrogen and oxygen atoms in total. The Bertz CT molecular complexity index is 673. The summed E-state index contributed by atoms with van der Waals surface area (Å²) in [6, 6.07) is 5.93. The lowest BCUT2D eigenvalue weighted by Crippen LogP contribution is -2.52. The minimum absolute atomic E-state index is 0.0649. The van der Waals surface area contributed by atoms with Crippen molar-refractivity contribution < 1.29 is 4.79 Å². The molecule has 1 atom stereocenters. The number of hydrogen-bond donors (Lipinski definition) is 1. The van der Waals surface area contributed by atoms with Gasteiger partial charge in [-0.15, -0.1) is 11.3 Å². The number of rotatable bonds is 4. The van der Waals surface area contributed by atoms with Crippen LogP contribution >= 0.6 is 11.3 Å². The normalized spacial score (nSPS) is 16.9. The first-order valence-electron chi connectivity index (χ1n) is 8.32. The average Bonchev–Trinajstić information content (AvgIpc) is 3.12. The van der Waals surface area contributed by atoms with Crippen molar-refractivity contribution in [2.75, 3.05) is 36.4 Å². The Morgan fingerprint density at radius 2 is 1.88 bits per heavy atom. The second-order valence-corrected chi connectivity index (χ2v) is 7.14. The summed E-state index contributed by atoms with van der Waals surface area (Å²) in [6.07, 6.45) is 1.84. The number of carbonyl (C=O) groups excluding carboxylic acids is 1. The fourth-order valence-corrected chi connectivity index (χ4v) is 3.77. The average molecular weight is 344 g/mol. The molecular formula is C18H24N4OS. The number of para-hydroxylation sites is 1. The van der Waals surface area contributed by atoms with Crippen molar-refractivity contribution in [3.05, 3.63) is 40.9 Å². The third-order valence-corrected chi connectivity index (χ3v) is 5.49. The predicted octanol–water partition coefficient (Wildman–Crippen LogP) is 2.91. The summed E-state index contributed by atoms with van der Waals surface area (Å²) < 4.78 is 0. The maximum absolute atomic E-state index is 12.6. The first-order chi connectivity index (χ1) is 11.6. The van der Waals surface area contributed by atoms with Gasteiger partial charge in [-0.2, -0.15) is 0 Å². The van der Waals surface area contributed by atoms with E-state index in [0.717, 1.165) is 48.1 Å². The lowest BCUT2D eigenvalue weighted by Gasteiger charge is -2.37. The maximum Gasteiger partial charge on any atom is 0.241 e. The molecule has 2 heterocycles. The third-order valence-electron chi connectivity index (χ3n) is 4.66. The molecule has 0 spiro atoms. The van der Waals surface area contributed by atoms with E-state index in [1.165, 1.54) is 0 Å². The first kappa shape index (κ1) is 16.9. The molecule has 0 saturated carbocycles. The monoisotopic (exact) mass is 344 g/mol. The Labute approximate surface area is 147 Å². The molecule has 1 fully saturated rings. The SMILES string of the molecule is Cc1cccc(C)c1NC(=O)C(C)N1CCN(c2nccs2)CC1. The second kappa shape index (κ2) is 7.32. The van der Waals surface area contributed by atoms with Gasteiger partial charge in [0.15, 0.2) is 5.13 Å². The predicted molar refractivity (Wildman–Crippen MR) is 99.9 cm³/mol. The van der Waals surface area contributed by atoms with Crippen molar-refractivity contribution >= 4 is 28.1 Å². The molecule has 1 saturated heterocycles. The number of nitrogens with one attached hydrogen (secondary N) is 1. The van der Waals surface area contributed by atoms with Crippen LogP contribution in [-0.2, 0) is 4.79 Å². The molecule has 1 amide bonds. The molecule has 0 bridgehead atoms. The van der Waals surface area contributed by atoms with Gasteiger partial charge in [-0.1, -0.05) is 18.2 Å². The van der Waals surface area contributed by atoms with Crippen LogP contribution in [-0.4, -0.2) is 48.0 Å². The summed E-state index contributed by atoms with van der Waals surface area (Å²) in [7, 11) is 0. The van der Waals surface area contributed by atoms with Gasteiger partial charge in [0.2, 0.25) is 5.91 Å². The van der Waals surface area contributed by atoms with Crippen LogP contribution in [0.1, 0.15) is 18.1 Å². The molecule has 1 N–H and O–H groups in total. The zero-order valence-electron chi connectivity index (χ0n) is 14.5. The van der Waals surface area contributed by atoms with Gasteiger partial charge in [-0.25, -0.2) is 4.98 Å². The number of aryl methyl sites for hydroxylation is 2. The smallest absolute Gasteiger partial charge is 0.241 e. The summed E-state index contributed by atoms with van der Waals surface area (Å²) in [5, 5.41) is 6.18. The van der Waals surface area contributed by atoms with Crippen LogP contribution in [0.3, 0.4) is 0 Å². The van der Waals surface area contributed by atoms with Crippen LogP contribution in [0.5, 0.6) is 0 Å². The van der Waals surface area contributed by atoms with Gasteiger partial charge in [0.05, 0.1) is 6.04 Å². The molecule has 6 heteroatoms. The Morgan fingerprint density at radius 3 is 2.46 bits per heavy atom. The molecule has 128 valence electrons. The van der Waals surface area contributed by atoms with Crippen LogP contribution < -0.4 is 10.2 Å². The van der Waals surface area contributed by atoms with Crippen molar-refractivity contribution in [3.8, 4) is 0 Å². The van der Waals surface area contributed by atoms with Crippen molar-refractivity contribution in [2.24, 2.45) is 0 Å². The minimum Gasteiger partial charge on any atom is -0.346 e. The van der Waals surface area contributed by atoms with E-state index in [-0.39, 0.29) is 11.9 Å². The number of hydrogen-bond acceptors (Lipinski definition) is 5. The van der Waals surface area contributed by atoms with E-state index in [4.69, 9.17) is 0 Å². The largest absolute Gasteiger partial charge is 0.346 e. The fourth-order valence-electron chi connectivity index (χ4n) is 3.08. The number of anilines is 2. The standard InChI is InChI=1S/C18H24N4OS/c1-13-5-4-6-14(2)16(13)20-17(23)15(3)21-8-10-22(11-9-21)18-19-7-12-24-18/h4-7,12,15H,8-11H2,1-3H3,(H,20,23). The molecule has 3 rings (SSSR count). The van der Waals surface area contributed by atoms with E-state index in [9.17, 15) is 4.79 Å². The van der Waals surface area contributed by atoms with Crippen molar-refractivity contribution in [3.63, 3.8) is 0 Å². The Balaban J connectivity index is 1.59. The fraction of sp³-hybridized carbons (Fsp3) is 0.444. The number of aromatic nitrogens is 1. The number of carbonyl (C=O) groups is 1. The number of thiazole rings is 1. The van der Waals surface area contributed by atoms with Crippen LogP contribution in [0.2, 0.25) is 0 Å². The highest BCUT2D eigenvalue weighted by atomic mass is 32.1. The number of nitrogens with zero attached hydrogens (tertiary/aromatic N) is 3. The Kier molecular flexibility index (Phi) is 5.16. The topological polar surface area (TPSA) is 48.5 Å². The highest BCUT2D eigenvalue weighted by Gasteiger charge is 2.26. The Hall–Kier alpha value is -1.92. The van der Waals surface area contributed by atoms with Gasteiger partial charge in [-0.05, 0) is 31.9 Å². The van der Waals surface area contributed by atoms with Crippen LogP contribution in [0.4, 0.5) is 10.8 Å². The second-order valence-electron chi connectivity index (χ2n) is 6.27. The van der Waals surface area contributed by atoms with Crippen molar-refractivity contribution in [1.29, 1.82) is 0 Å². The molecule has 0 aliphatic carbocycles. The number of piperazine rings is 1. The van der Waals surface area contributed by atoms with Crippen molar-refractivity contribution in [1.82, 2.24) is 9.88 Å². The van der Waals surface area contributed by atoms with Crippen LogP contribution in [0.25, 0.3) is 0 Å².